The van der Waals surface area contributed by atoms with Gasteiger partial charge in [-0.3, -0.25) is 14.2 Å². The molecule has 0 radical (unpaired) electrons. The van der Waals surface area contributed by atoms with E-state index < -0.39 is 17.3 Å². The van der Waals surface area contributed by atoms with Crippen molar-refractivity contribution in [2.45, 2.75) is 6.54 Å². The first-order valence-electron chi connectivity index (χ1n) is 8.17. The van der Waals surface area contributed by atoms with Gasteiger partial charge in [-0.2, -0.15) is 0 Å². The average Bonchev–Trinajstić information content (AvgIpc) is 3.11. The molecule has 2 aromatic heterocycles. The van der Waals surface area contributed by atoms with Crippen LogP contribution in [-0.4, -0.2) is 20.6 Å². The smallest absolute Gasteiger partial charge is 0.267 e. The second-order valence-corrected chi connectivity index (χ2v) is 6.39. The molecule has 0 aliphatic carbocycles. The molecule has 0 atom stereocenters. The highest BCUT2D eigenvalue weighted by Gasteiger charge is 2.18. The summed E-state index contributed by atoms with van der Waals surface area (Å²) in [5, 5.41) is 7.20. The van der Waals surface area contributed by atoms with Crippen molar-refractivity contribution in [3.05, 3.63) is 76.1 Å². The lowest BCUT2D eigenvalue weighted by atomic mass is 10.1. The van der Waals surface area contributed by atoms with Gasteiger partial charge in [0, 0.05) is 16.3 Å². The zero-order valence-corrected chi connectivity index (χ0v) is 15.0. The Balaban J connectivity index is 1.64. The third-order valence-electron chi connectivity index (χ3n) is 4.02. The van der Waals surface area contributed by atoms with Crippen molar-refractivity contribution in [3.8, 4) is 11.3 Å². The van der Waals surface area contributed by atoms with Crippen molar-refractivity contribution >= 4 is 34.3 Å². The number of hydrogen-bond donors (Lipinski definition) is 1. The second-order valence-electron chi connectivity index (χ2n) is 5.95. The number of hydrogen-bond acceptors (Lipinski definition) is 5. The van der Waals surface area contributed by atoms with Gasteiger partial charge in [0.1, 0.15) is 29.8 Å². The molecule has 0 saturated heterocycles. The summed E-state index contributed by atoms with van der Waals surface area (Å²) >= 11 is 5.82. The topological polar surface area (TPSA) is 90.0 Å². The fourth-order valence-electron chi connectivity index (χ4n) is 2.69. The van der Waals surface area contributed by atoms with E-state index in [1.807, 2.05) is 0 Å². The molecule has 28 heavy (non-hydrogen) atoms. The molecule has 0 aliphatic rings. The molecule has 140 valence electrons. The molecule has 7 nitrogen and oxygen atoms in total. The average molecular weight is 399 g/mol. The first-order valence-corrected chi connectivity index (χ1v) is 8.55. The molecule has 0 aliphatic heterocycles. The van der Waals surface area contributed by atoms with Crippen LogP contribution in [0.3, 0.4) is 0 Å². The van der Waals surface area contributed by atoms with Gasteiger partial charge < -0.3 is 9.84 Å². The molecular formula is C19H12ClFN4O3. The fourth-order valence-corrected chi connectivity index (χ4v) is 2.81. The van der Waals surface area contributed by atoms with Gasteiger partial charge in [0.15, 0.2) is 0 Å². The molecule has 2 aromatic carbocycles. The summed E-state index contributed by atoms with van der Waals surface area (Å²) in [6.07, 6.45) is 1.21. The van der Waals surface area contributed by atoms with Crippen molar-refractivity contribution in [2.24, 2.45) is 0 Å². The van der Waals surface area contributed by atoms with Gasteiger partial charge in [-0.25, -0.2) is 9.37 Å². The van der Waals surface area contributed by atoms with Gasteiger partial charge in [-0.15, -0.1) is 0 Å². The summed E-state index contributed by atoms with van der Waals surface area (Å²) in [7, 11) is 0. The lowest BCUT2D eigenvalue weighted by molar-refractivity contribution is -0.116. The number of fused-ring (bicyclic) bond motifs is 1. The van der Waals surface area contributed by atoms with Gasteiger partial charge in [0.25, 0.3) is 11.3 Å². The number of aromatic nitrogens is 3. The quantitative estimate of drug-likeness (QED) is 0.568. The number of carbonyl (C=O) groups excluding carboxylic acids is 1. The molecule has 1 amide bonds. The van der Waals surface area contributed by atoms with E-state index in [1.54, 1.807) is 24.3 Å². The van der Waals surface area contributed by atoms with Crippen LogP contribution in [-0.2, 0) is 11.3 Å². The number of rotatable bonds is 4. The molecule has 2 heterocycles. The van der Waals surface area contributed by atoms with E-state index in [0.717, 1.165) is 4.57 Å². The molecule has 9 heteroatoms. The maximum Gasteiger partial charge on any atom is 0.267 e. The number of amides is 1. The molecule has 0 fully saturated rings. The van der Waals surface area contributed by atoms with E-state index in [9.17, 15) is 14.0 Å². The SMILES string of the molecule is O=C(Cn1cnc2onc(-c3ccc(F)cc3)c2c1=O)Nc1ccc(Cl)cc1. The van der Waals surface area contributed by atoms with Gasteiger partial charge in [-0.1, -0.05) is 16.8 Å². The van der Waals surface area contributed by atoms with E-state index in [1.165, 1.54) is 30.6 Å². The Labute approximate surface area is 162 Å². The van der Waals surface area contributed by atoms with Crippen molar-refractivity contribution in [1.82, 2.24) is 14.7 Å². The minimum Gasteiger partial charge on any atom is -0.335 e. The van der Waals surface area contributed by atoms with Crippen LogP contribution in [0, 0.1) is 5.82 Å². The predicted molar refractivity (Wildman–Crippen MR) is 102 cm³/mol. The number of carbonyl (C=O) groups is 1. The van der Waals surface area contributed by atoms with Crippen molar-refractivity contribution in [3.63, 3.8) is 0 Å². The van der Waals surface area contributed by atoms with Crippen LogP contribution in [0.5, 0.6) is 0 Å². The lowest BCUT2D eigenvalue weighted by Gasteiger charge is -2.07. The molecule has 0 bridgehead atoms. The second kappa shape index (κ2) is 7.24. The van der Waals surface area contributed by atoms with Crippen LogP contribution in [0.25, 0.3) is 22.4 Å². The Morgan fingerprint density at radius 1 is 1.14 bits per heavy atom. The number of anilines is 1. The molecule has 0 spiro atoms. The highest BCUT2D eigenvalue weighted by atomic mass is 35.5. The number of halogens is 2. The van der Waals surface area contributed by atoms with Crippen LogP contribution in [0.2, 0.25) is 5.02 Å². The Morgan fingerprint density at radius 2 is 1.86 bits per heavy atom. The van der Waals surface area contributed by atoms with E-state index in [4.69, 9.17) is 16.1 Å². The lowest BCUT2D eigenvalue weighted by Crippen LogP contribution is -2.27. The molecule has 0 saturated carbocycles. The van der Waals surface area contributed by atoms with Crippen molar-refractivity contribution < 1.29 is 13.7 Å². The molecular weight excluding hydrogens is 387 g/mol. The predicted octanol–water partition coefficient (Wildman–Crippen LogP) is 3.48. The summed E-state index contributed by atoms with van der Waals surface area (Å²) in [5.74, 6) is -0.823. The van der Waals surface area contributed by atoms with Crippen molar-refractivity contribution in [1.29, 1.82) is 0 Å². The van der Waals surface area contributed by atoms with Crippen LogP contribution < -0.4 is 10.9 Å². The zero-order valence-electron chi connectivity index (χ0n) is 14.2. The zero-order chi connectivity index (χ0) is 19.7. The summed E-state index contributed by atoms with van der Waals surface area (Å²) < 4.78 is 19.4. The first-order chi connectivity index (χ1) is 13.5. The third-order valence-corrected chi connectivity index (χ3v) is 4.27. The van der Waals surface area contributed by atoms with E-state index >= 15 is 0 Å². The van der Waals surface area contributed by atoms with Gasteiger partial charge in [0.2, 0.25) is 5.91 Å². The summed E-state index contributed by atoms with van der Waals surface area (Å²) in [4.78, 5) is 29.1. The van der Waals surface area contributed by atoms with Gasteiger partial charge in [0.05, 0.1) is 0 Å². The minimum absolute atomic E-state index is 0.0404. The van der Waals surface area contributed by atoms with E-state index in [2.05, 4.69) is 15.5 Å². The van der Waals surface area contributed by atoms with Gasteiger partial charge in [-0.05, 0) is 48.5 Å². The maximum atomic E-state index is 13.2. The number of nitrogens with zero attached hydrogens (tertiary/aromatic N) is 3. The van der Waals surface area contributed by atoms with Crippen LogP contribution in [0.15, 0.2) is 64.2 Å². The summed E-state index contributed by atoms with van der Waals surface area (Å²) in [6.45, 7) is -0.252. The number of nitrogens with one attached hydrogen (secondary N) is 1. The van der Waals surface area contributed by atoms with E-state index in [0.29, 0.717) is 16.3 Å². The summed E-state index contributed by atoms with van der Waals surface area (Å²) in [6, 6.07) is 12.1. The largest absolute Gasteiger partial charge is 0.335 e. The first kappa shape index (κ1) is 17.9. The molecule has 0 unspecified atom stereocenters. The van der Waals surface area contributed by atoms with Crippen LogP contribution in [0.1, 0.15) is 0 Å². The number of benzene rings is 2. The third kappa shape index (κ3) is 3.49. The Hall–Kier alpha value is -3.52. The fraction of sp³-hybridized carbons (Fsp3) is 0.0526. The molecule has 1 N–H and O–H groups in total. The summed E-state index contributed by atoms with van der Waals surface area (Å²) in [5.41, 5.74) is 0.839. The highest BCUT2D eigenvalue weighted by molar-refractivity contribution is 6.30. The highest BCUT2D eigenvalue weighted by Crippen LogP contribution is 2.24. The maximum absolute atomic E-state index is 13.2. The minimum atomic E-state index is -0.489. The Bertz CT molecular complexity index is 1220. The Morgan fingerprint density at radius 3 is 2.57 bits per heavy atom. The monoisotopic (exact) mass is 398 g/mol. The van der Waals surface area contributed by atoms with Crippen LogP contribution >= 0.6 is 11.6 Å². The van der Waals surface area contributed by atoms with Crippen molar-refractivity contribution in [2.75, 3.05) is 5.32 Å². The van der Waals surface area contributed by atoms with Gasteiger partial charge >= 0.3 is 0 Å². The standard InChI is InChI=1S/C19H12ClFN4O3/c20-12-3-7-14(8-4-12)23-15(26)9-25-10-22-18-16(19(25)27)17(24-28-18)11-1-5-13(21)6-2-11/h1-8,10H,9H2,(H,23,26). The molecule has 4 rings (SSSR count). The van der Waals surface area contributed by atoms with E-state index in [-0.39, 0.29) is 23.3 Å². The molecule has 4 aromatic rings. The Kier molecular flexibility index (Phi) is 4.62. The van der Waals surface area contributed by atoms with Crippen LogP contribution in [0.4, 0.5) is 10.1 Å². The normalized spacial score (nSPS) is 10.9.